The molecule has 288 valence electrons. The molecule has 53 heavy (non-hydrogen) atoms. The number of aryl methyl sites for hydroxylation is 1. The summed E-state index contributed by atoms with van der Waals surface area (Å²) in [5, 5.41) is 17.1. The molecule has 2 heterocycles. The Balaban J connectivity index is 1.28. The molecule has 2 aromatic rings. The van der Waals surface area contributed by atoms with Gasteiger partial charge < -0.3 is 39.6 Å². The third-order valence-electron chi connectivity index (χ3n) is 11.0. The topological polar surface area (TPSA) is 166 Å². The number of carboxylic acids is 1. The number of carbonyl (C=O) groups is 4. The van der Waals surface area contributed by atoms with Gasteiger partial charge in [-0.2, -0.15) is 0 Å². The Bertz CT molecular complexity index is 1750. The average Bonchev–Trinajstić information content (AvgIpc) is 3.91. The Hall–Kier alpha value is -4.04. The van der Waals surface area contributed by atoms with Gasteiger partial charge in [-0.25, -0.2) is 14.6 Å². The number of benzene rings is 1. The molecule has 8 atom stereocenters. The number of nitrogens with one attached hydrogen (secondary N) is 2. The number of carboxylic acid groups (broad SMARTS) is 1. The number of fused-ring (bicyclic) bond motifs is 2. The summed E-state index contributed by atoms with van der Waals surface area (Å²) in [7, 11) is 1.61. The van der Waals surface area contributed by atoms with Crippen LogP contribution in [0.4, 0.5) is 4.79 Å². The zero-order chi connectivity index (χ0) is 38.2. The second-order valence-corrected chi connectivity index (χ2v) is 17.1. The van der Waals surface area contributed by atoms with Gasteiger partial charge in [0.15, 0.2) is 0 Å². The van der Waals surface area contributed by atoms with Crippen molar-refractivity contribution in [3.05, 3.63) is 36.4 Å². The summed E-state index contributed by atoms with van der Waals surface area (Å²) in [6.45, 7) is 14.0. The maximum absolute atomic E-state index is 14.6. The molecule has 1 saturated heterocycles. The molecule has 0 spiro atoms. The van der Waals surface area contributed by atoms with E-state index >= 15 is 0 Å². The van der Waals surface area contributed by atoms with Crippen molar-refractivity contribution >= 4 is 46.5 Å². The normalized spacial score (nSPS) is 27.8. The van der Waals surface area contributed by atoms with Crippen LogP contribution < -0.4 is 20.1 Å². The van der Waals surface area contributed by atoms with Crippen molar-refractivity contribution in [1.29, 1.82) is 0 Å². The second kappa shape index (κ2) is 15.4. The maximum atomic E-state index is 14.6. The Morgan fingerprint density at radius 1 is 1.11 bits per heavy atom. The van der Waals surface area contributed by atoms with Crippen LogP contribution in [-0.2, 0) is 23.9 Å². The molecular formula is C39H52N4O9S. The fraction of sp³-hybridized carbons (Fsp3) is 0.615. The highest BCUT2D eigenvalue weighted by atomic mass is 32.2. The quantitative estimate of drug-likeness (QED) is 0.126. The van der Waals surface area contributed by atoms with Crippen LogP contribution in [0.2, 0.25) is 0 Å². The third kappa shape index (κ3) is 8.23. The van der Waals surface area contributed by atoms with Crippen molar-refractivity contribution in [1.82, 2.24) is 20.5 Å². The van der Waals surface area contributed by atoms with E-state index in [2.05, 4.69) is 17.2 Å². The average molecular weight is 753 g/mol. The summed E-state index contributed by atoms with van der Waals surface area (Å²) >= 11 is 1.56. The number of likely N-dealkylation sites (tertiary alicyclic amines) is 1. The van der Waals surface area contributed by atoms with Gasteiger partial charge in [-0.3, -0.25) is 9.59 Å². The van der Waals surface area contributed by atoms with Gasteiger partial charge in [0.2, 0.25) is 11.8 Å². The summed E-state index contributed by atoms with van der Waals surface area (Å²) in [5.41, 5.74) is -0.706. The molecule has 0 bridgehead atoms. The number of hydrogen-bond acceptors (Lipinski definition) is 10. The number of alkyl carbamates (subject to hydrolysis) is 1. The van der Waals surface area contributed by atoms with Crippen molar-refractivity contribution in [3.8, 4) is 11.5 Å². The Labute approximate surface area is 314 Å². The van der Waals surface area contributed by atoms with Crippen molar-refractivity contribution in [2.45, 2.75) is 102 Å². The summed E-state index contributed by atoms with van der Waals surface area (Å²) < 4.78 is 23.5. The molecule has 3 saturated carbocycles. The molecule has 0 radical (unpaired) electrons. The molecule has 6 rings (SSSR count). The molecule has 3 N–H and O–H groups in total. The highest BCUT2D eigenvalue weighted by molar-refractivity contribution is 7.99. The van der Waals surface area contributed by atoms with Crippen molar-refractivity contribution in [3.63, 3.8) is 0 Å². The highest BCUT2D eigenvalue weighted by Gasteiger charge is 2.61. The van der Waals surface area contributed by atoms with E-state index in [0.717, 1.165) is 34.6 Å². The van der Waals surface area contributed by atoms with Gasteiger partial charge in [-0.1, -0.05) is 33.8 Å². The lowest BCUT2D eigenvalue weighted by molar-refractivity contribution is -0.146. The van der Waals surface area contributed by atoms with Gasteiger partial charge in [-0.15, -0.1) is 18.3 Å². The van der Waals surface area contributed by atoms with E-state index in [0.29, 0.717) is 42.1 Å². The number of rotatable bonds is 15. The second-order valence-electron chi connectivity index (χ2n) is 15.8. The summed E-state index contributed by atoms with van der Waals surface area (Å²) in [4.78, 5) is 60.5. The Kier molecular flexibility index (Phi) is 11.2. The number of methoxy groups -OCH3 is 1. The number of nitrogens with zero attached hydrogens (tertiary/aromatic N) is 2. The van der Waals surface area contributed by atoms with E-state index in [1.54, 1.807) is 18.9 Å². The first-order valence-electron chi connectivity index (χ1n) is 18.5. The number of pyridine rings is 1. The van der Waals surface area contributed by atoms with E-state index in [1.807, 2.05) is 52.8 Å². The first-order valence-corrected chi connectivity index (χ1v) is 19.5. The first kappa shape index (κ1) is 38.7. The summed E-state index contributed by atoms with van der Waals surface area (Å²) in [5.74, 6) is 0.534. The predicted molar refractivity (Wildman–Crippen MR) is 199 cm³/mol. The monoisotopic (exact) mass is 752 g/mol. The molecule has 3 amide bonds. The van der Waals surface area contributed by atoms with Crippen LogP contribution >= 0.6 is 11.8 Å². The fourth-order valence-electron chi connectivity index (χ4n) is 7.81. The molecular weight excluding hydrogens is 701 g/mol. The van der Waals surface area contributed by atoms with E-state index in [-0.39, 0.29) is 25.5 Å². The number of hydrogen-bond donors (Lipinski definition) is 3. The van der Waals surface area contributed by atoms with Gasteiger partial charge in [0.05, 0.1) is 18.7 Å². The zero-order valence-corrected chi connectivity index (χ0v) is 32.3. The molecule has 1 aromatic carbocycles. The van der Waals surface area contributed by atoms with Gasteiger partial charge in [-0.05, 0) is 67.7 Å². The van der Waals surface area contributed by atoms with E-state index < -0.39 is 58.9 Å². The minimum atomic E-state index is -1.49. The minimum absolute atomic E-state index is 0.0223. The number of carbonyl (C=O) groups excluding carboxylic acids is 3. The standard InChI is InChI=1S/C39H52N4O9S/c1-8-24-19-39(24,36(46)47)42-34(44)28-17-26(20-43(28)35(45)33(38(4,5)6)41-37(48)52-25-15-22-14-23(22)16-25)51-30-18-31(53-9-2)40-32-21(3)29(11-10-27(30)32)50-13-12-49-7/h8,10-11,18,22-26,28,33H,1,9,12-17,19-20H2,2-7H3,(H,41,48)(H,42,44)(H,46,47)/t22-,23+,24-,25?,26-,28+,33-,39-/m1/s1. The van der Waals surface area contributed by atoms with Gasteiger partial charge >= 0.3 is 12.1 Å². The van der Waals surface area contributed by atoms with Crippen LogP contribution in [0.25, 0.3) is 10.9 Å². The van der Waals surface area contributed by atoms with Gasteiger partial charge in [0.1, 0.15) is 53.0 Å². The molecule has 1 aromatic heterocycles. The molecule has 1 unspecified atom stereocenters. The van der Waals surface area contributed by atoms with Crippen LogP contribution in [0.3, 0.4) is 0 Å². The molecule has 1 aliphatic heterocycles. The summed E-state index contributed by atoms with van der Waals surface area (Å²) in [6, 6.07) is 3.50. The molecule has 4 fully saturated rings. The molecule has 14 heteroatoms. The number of aromatic nitrogens is 1. The number of ether oxygens (including phenoxy) is 4. The van der Waals surface area contributed by atoms with Gasteiger partial charge in [0, 0.05) is 36.5 Å². The number of amides is 3. The largest absolute Gasteiger partial charge is 0.491 e. The van der Waals surface area contributed by atoms with Crippen molar-refractivity contribution in [2.24, 2.45) is 23.2 Å². The lowest BCUT2D eigenvalue weighted by atomic mass is 9.85. The van der Waals surface area contributed by atoms with E-state index in [9.17, 15) is 24.3 Å². The lowest BCUT2D eigenvalue weighted by Gasteiger charge is -2.35. The predicted octanol–water partition coefficient (Wildman–Crippen LogP) is 5.11. The number of aliphatic carboxylic acids is 1. The number of thioether (sulfide) groups is 1. The zero-order valence-electron chi connectivity index (χ0n) is 31.4. The van der Waals surface area contributed by atoms with Crippen molar-refractivity contribution in [2.75, 3.05) is 32.6 Å². The smallest absolute Gasteiger partial charge is 0.408 e. The molecule has 3 aliphatic carbocycles. The highest BCUT2D eigenvalue weighted by Crippen LogP contribution is 2.52. The van der Waals surface area contributed by atoms with Crippen LogP contribution in [-0.4, -0.2) is 101 Å². The summed E-state index contributed by atoms with van der Waals surface area (Å²) in [6.07, 6.45) is 3.18. The Morgan fingerprint density at radius 3 is 2.47 bits per heavy atom. The lowest BCUT2D eigenvalue weighted by Crippen LogP contribution is -2.59. The fourth-order valence-corrected chi connectivity index (χ4v) is 8.46. The van der Waals surface area contributed by atoms with Gasteiger partial charge in [0.25, 0.3) is 0 Å². The first-order chi connectivity index (χ1) is 25.2. The molecule has 13 nitrogen and oxygen atoms in total. The van der Waals surface area contributed by atoms with Crippen LogP contribution in [0.1, 0.15) is 65.4 Å². The SMILES string of the molecule is C=C[C@@H]1C[C@]1(NC(=O)[C@@H]1C[C@@H](Oc2cc(SCC)nc3c(C)c(OCCOC)ccc23)CN1C(=O)[C@@H](NC(=O)OC1C[C@@H]2C[C@@H]2C1)C(C)(C)C)C(=O)O. The maximum Gasteiger partial charge on any atom is 0.408 e. The van der Waals surface area contributed by atoms with Crippen LogP contribution in [0, 0.1) is 30.1 Å². The van der Waals surface area contributed by atoms with E-state index in [4.69, 9.17) is 23.9 Å². The molecule has 4 aliphatic rings. The minimum Gasteiger partial charge on any atom is -0.491 e. The van der Waals surface area contributed by atoms with Crippen molar-refractivity contribution < 1.29 is 43.2 Å². The van der Waals surface area contributed by atoms with Crippen LogP contribution in [0.5, 0.6) is 11.5 Å². The van der Waals surface area contributed by atoms with Crippen LogP contribution in [0.15, 0.2) is 35.9 Å². The third-order valence-corrected chi connectivity index (χ3v) is 11.8. The van der Waals surface area contributed by atoms with E-state index in [1.165, 1.54) is 17.4 Å². The Morgan fingerprint density at radius 2 is 1.85 bits per heavy atom.